The van der Waals surface area contributed by atoms with Crippen molar-refractivity contribution in [1.82, 2.24) is 5.32 Å². The molecule has 0 spiro atoms. The Labute approximate surface area is 83.2 Å². The number of amides is 1. The third kappa shape index (κ3) is 2.04. The number of carbonyl (C=O) groups is 3. The molecule has 1 amide bonds. The molecular weight excluding hydrogens is 214 g/mol. The minimum atomic E-state index is -0.989. The topological polar surface area (TPSA) is 72.5 Å². The van der Waals surface area contributed by atoms with Crippen LogP contribution in [0.4, 0.5) is 4.79 Å². The molecule has 0 aromatic heterocycles. The van der Waals surface area contributed by atoms with Gasteiger partial charge < -0.3 is 10.1 Å². The fourth-order valence-electron chi connectivity index (χ4n) is 0.736. The molecule has 0 aromatic carbocycles. The number of Topliss-reactive ketones (excluding diaryl/α,β-unsaturated/α-hetero) is 1. The molecule has 1 atom stereocenters. The molecule has 0 radical (unpaired) electrons. The molecule has 1 heterocycles. The number of thiocarbonyl (C=S) groups is 1. The molecule has 1 fully saturated rings. The zero-order valence-corrected chi connectivity index (χ0v) is 8.16. The summed E-state index contributed by atoms with van der Waals surface area (Å²) in [6, 6.07) is 0. The van der Waals surface area contributed by atoms with Crippen molar-refractivity contribution in [3.8, 4) is 0 Å². The van der Waals surface area contributed by atoms with Crippen molar-refractivity contribution in [3.05, 3.63) is 0 Å². The first-order chi connectivity index (χ1) is 6.06. The first-order valence-corrected chi connectivity index (χ1v) is 4.48. The summed E-state index contributed by atoms with van der Waals surface area (Å²) in [6.45, 7) is 0. The molecule has 13 heavy (non-hydrogen) atoms. The number of hydrogen-bond donors (Lipinski definition) is 1. The molecule has 1 aliphatic rings. The van der Waals surface area contributed by atoms with Crippen molar-refractivity contribution in [1.29, 1.82) is 0 Å². The highest BCUT2D eigenvalue weighted by Gasteiger charge is 2.38. The van der Waals surface area contributed by atoms with E-state index in [0.717, 1.165) is 7.11 Å². The number of ether oxygens (including phenoxy) is 1. The van der Waals surface area contributed by atoms with Crippen molar-refractivity contribution < 1.29 is 19.1 Å². The van der Waals surface area contributed by atoms with Crippen LogP contribution in [-0.2, 0) is 14.3 Å². The van der Waals surface area contributed by atoms with Crippen molar-refractivity contribution in [2.75, 3.05) is 7.11 Å². The van der Waals surface area contributed by atoms with E-state index in [1.54, 1.807) is 0 Å². The number of esters is 1. The smallest absolute Gasteiger partial charge is 0.376 e. The van der Waals surface area contributed by atoms with Gasteiger partial charge >= 0.3 is 5.97 Å². The van der Waals surface area contributed by atoms with Crippen LogP contribution in [0.1, 0.15) is 0 Å². The van der Waals surface area contributed by atoms with Gasteiger partial charge in [-0.1, -0.05) is 12.2 Å². The van der Waals surface area contributed by atoms with Crippen LogP contribution >= 0.6 is 24.0 Å². The maximum Gasteiger partial charge on any atom is 0.376 e. The summed E-state index contributed by atoms with van der Waals surface area (Å²) in [6.07, 6.45) is 0. The molecule has 5 nitrogen and oxygen atoms in total. The molecule has 1 N–H and O–H groups in total. The summed E-state index contributed by atoms with van der Waals surface area (Å²) in [7, 11) is 1.10. The Hall–Kier alpha value is -0.950. The van der Waals surface area contributed by atoms with Crippen LogP contribution in [0.5, 0.6) is 0 Å². The third-order valence-corrected chi connectivity index (χ3v) is 2.80. The number of carbonyl (C=O) groups excluding carboxylic acids is 3. The molecule has 7 heteroatoms. The summed E-state index contributed by atoms with van der Waals surface area (Å²) >= 11 is 5.36. The van der Waals surface area contributed by atoms with E-state index >= 15 is 0 Å². The number of ketones is 1. The van der Waals surface area contributed by atoms with E-state index in [-0.39, 0.29) is 4.99 Å². The van der Waals surface area contributed by atoms with Crippen molar-refractivity contribution in [2.45, 2.75) is 5.25 Å². The second-order valence-electron chi connectivity index (χ2n) is 2.13. The molecule has 0 aliphatic carbocycles. The normalized spacial score (nSPS) is 21.2. The van der Waals surface area contributed by atoms with Gasteiger partial charge in [-0.05, 0) is 11.8 Å². The van der Waals surface area contributed by atoms with Crippen LogP contribution in [0.25, 0.3) is 0 Å². The number of rotatable bonds is 2. The maximum absolute atomic E-state index is 11.2. The van der Waals surface area contributed by atoms with Gasteiger partial charge in [-0.25, -0.2) is 4.79 Å². The molecule has 70 valence electrons. The number of thioether (sulfide) groups is 1. The predicted octanol–water partition coefficient (Wildman–Crippen LogP) is -0.119. The monoisotopic (exact) mass is 219 g/mol. The first kappa shape index (κ1) is 10.1. The summed E-state index contributed by atoms with van der Waals surface area (Å²) in [5.74, 6) is -1.80. The van der Waals surface area contributed by atoms with Gasteiger partial charge in [0.05, 0.1) is 7.11 Å². The number of hydrogen-bond acceptors (Lipinski definition) is 6. The van der Waals surface area contributed by atoms with Crippen LogP contribution in [-0.4, -0.2) is 34.3 Å². The Kier molecular flexibility index (Phi) is 2.99. The Morgan fingerprint density at radius 2 is 2.23 bits per heavy atom. The molecule has 1 unspecified atom stereocenters. The van der Waals surface area contributed by atoms with Crippen LogP contribution in [0.3, 0.4) is 0 Å². The van der Waals surface area contributed by atoms with Gasteiger partial charge in [0.2, 0.25) is 0 Å². The number of nitrogens with one attached hydrogen (secondary N) is 1. The average molecular weight is 219 g/mol. The lowest BCUT2D eigenvalue weighted by Gasteiger charge is -2.02. The quantitative estimate of drug-likeness (QED) is 0.396. The minimum absolute atomic E-state index is 0.0606. The Bertz CT molecular complexity index is 301. The highest BCUT2D eigenvalue weighted by molar-refractivity contribution is 8.17. The fraction of sp³-hybridized carbons (Fsp3) is 0.333. The lowest BCUT2D eigenvalue weighted by Crippen LogP contribution is -2.33. The maximum atomic E-state index is 11.2. The van der Waals surface area contributed by atoms with Gasteiger partial charge in [-0.2, -0.15) is 0 Å². The summed E-state index contributed by atoms with van der Waals surface area (Å²) in [4.78, 5) is 32.7. The summed E-state index contributed by atoms with van der Waals surface area (Å²) in [5, 5.41) is 0.908. The van der Waals surface area contributed by atoms with Gasteiger partial charge in [-0.3, -0.25) is 9.59 Å². The standard InChI is InChI=1S/C6H5NO4S2/c1-11-5(9)2(8)3-4(12)7-6(10)13-3/h3H,1H3,(H,7,10,12). The van der Waals surface area contributed by atoms with E-state index in [4.69, 9.17) is 0 Å². The second-order valence-corrected chi connectivity index (χ2v) is 3.65. The van der Waals surface area contributed by atoms with Crippen molar-refractivity contribution >= 4 is 46.0 Å². The fourth-order valence-corrected chi connectivity index (χ4v) is 1.90. The van der Waals surface area contributed by atoms with Crippen LogP contribution < -0.4 is 5.32 Å². The molecule has 1 rings (SSSR count). The zero-order chi connectivity index (χ0) is 10.0. The first-order valence-electron chi connectivity index (χ1n) is 3.20. The Morgan fingerprint density at radius 1 is 1.62 bits per heavy atom. The zero-order valence-electron chi connectivity index (χ0n) is 6.53. The Balaban J connectivity index is 2.73. The lowest BCUT2D eigenvalue weighted by molar-refractivity contribution is -0.150. The van der Waals surface area contributed by atoms with E-state index < -0.39 is 22.2 Å². The average Bonchev–Trinajstić information content (AvgIpc) is 2.42. The van der Waals surface area contributed by atoms with Crippen molar-refractivity contribution in [2.24, 2.45) is 0 Å². The van der Waals surface area contributed by atoms with Gasteiger partial charge in [0.25, 0.3) is 11.0 Å². The molecule has 1 saturated heterocycles. The van der Waals surface area contributed by atoms with Gasteiger partial charge in [0.1, 0.15) is 10.2 Å². The third-order valence-electron chi connectivity index (χ3n) is 1.31. The van der Waals surface area contributed by atoms with E-state index in [2.05, 4.69) is 22.3 Å². The lowest BCUT2D eigenvalue weighted by atomic mass is 10.3. The van der Waals surface area contributed by atoms with E-state index in [9.17, 15) is 14.4 Å². The van der Waals surface area contributed by atoms with Gasteiger partial charge in [0, 0.05) is 0 Å². The van der Waals surface area contributed by atoms with Crippen LogP contribution in [0, 0.1) is 0 Å². The molecule has 0 bridgehead atoms. The van der Waals surface area contributed by atoms with Crippen molar-refractivity contribution in [3.63, 3.8) is 0 Å². The second kappa shape index (κ2) is 3.84. The summed E-state index contributed by atoms with van der Waals surface area (Å²) in [5.41, 5.74) is 0. The predicted molar refractivity (Wildman–Crippen MR) is 49.5 cm³/mol. The molecule has 0 aromatic rings. The largest absolute Gasteiger partial charge is 0.463 e. The molecule has 0 saturated carbocycles. The molecular formula is C6H5NO4S2. The van der Waals surface area contributed by atoms with Crippen LogP contribution in [0.2, 0.25) is 0 Å². The molecule has 1 aliphatic heterocycles. The van der Waals surface area contributed by atoms with E-state index in [1.165, 1.54) is 0 Å². The van der Waals surface area contributed by atoms with Crippen LogP contribution in [0.15, 0.2) is 0 Å². The highest BCUT2D eigenvalue weighted by Crippen LogP contribution is 2.21. The minimum Gasteiger partial charge on any atom is -0.463 e. The van der Waals surface area contributed by atoms with Gasteiger partial charge in [-0.15, -0.1) is 0 Å². The van der Waals surface area contributed by atoms with E-state index in [0.29, 0.717) is 11.8 Å². The SMILES string of the molecule is COC(=O)C(=O)C1SC(=O)NC1=S. The summed E-state index contributed by atoms with van der Waals surface area (Å²) < 4.78 is 4.21. The highest BCUT2D eigenvalue weighted by atomic mass is 32.2. The Morgan fingerprint density at radius 3 is 2.62 bits per heavy atom. The number of methoxy groups -OCH3 is 1. The van der Waals surface area contributed by atoms with Gasteiger partial charge in [0.15, 0.2) is 0 Å². The van der Waals surface area contributed by atoms with E-state index in [1.807, 2.05) is 0 Å².